The number of imide groups is 2. The molecule has 4 aromatic rings. The van der Waals surface area contributed by atoms with Crippen LogP contribution < -0.4 is 30.9 Å². The lowest BCUT2D eigenvalue weighted by molar-refractivity contribution is -0.136. The number of halogens is 1. The Labute approximate surface area is 395 Å². The number of amides is 6. The third kappa shape index (κ3) is 11.3. The molecule has 0 spiro atoms. The van der Waals surface area contributed by atoms with Crippen molar-refractivity contribution >= 4 is 81.2 Å². The standard InChI is InChI=1S/C47H52FN9O10S/c1-64-36-27-30(9-10-33(36)52-44(61)38-13-12-37(68-38)29-5-2-3-6-29)51-42-32(48)28-50-47(54-42)56-19-17-55(18-20-56)40(59)15-21-65-23-25-67-26-24-66-22-16-49-34-8-4-7-31-41(34)46(63)57(45(31)62)35-11-14-39(58)53-43(35)60/h4-5,7-10,12-13,27-28,35,49H,2-3,6,11,14-26H2,1H3,(H,52,61)(H,50,51,54)(H,53,58,60). The Morgan fingerprint density at radius 3 is 2.43 bits per heavy atom. The van der Waals surface area contributed by atoms with Gasteiger partial charge in [0.05, 0.1) is 81.1 Å². The topological polar surface area (TPSA) is 223 Å². The molecule has 8 rings (SSSR count). The van der Waals surface area contributed by atoms with Gasteiger partial charge < -0.3 is 44.7 Å². The number of carbonyl (C=O) groups is 6. The maximum Gasteiger partial charge on any atom is 0.265 e. The van der Waals surface area contributed by atoms with E-state index in [1.165, 1.54) is 30.1 Å². The van der Waals surface area contributed by atoms with E-state index in [1.54, 1.807) is 35.2 Å². The Bertz CT molecular complexity index is 2580. The van der Waals surface area contributed by atoms with Crippen LogP contribution in [0.1, 0.15) is 73.8 Å². The second kappa shape index (κ2) is 22.3. The summed E-state index contributed by atoms with van der Waals surface area (Å²) in [4.78, 5) is 91.2. The van der Waals surface area contributed by atoms with Crippen molar-refractivity contribution in [2.75, 3.05) is 100 Å². The van der Waals surface area contributed by atoms with Crippen molar-refractivity contribution in [3.8, 4) is 5.75 Å². The lowest BCUT2D eigenvalue weighted by Gasteiger charge is -2.34. The van der Waals surface area contributed by atoms with Gasteiger partial charge in [-0.15, -0.1) is 11.3 Å². The summed E-state index contributed by atoms with van der Waals surface area (Å²) in [5, 5.41) is 11.2. The fraction of sp³-hybridized carbons (Fsp3) is 0.404. The van der Waals surface area contributed by atoms with Crippen LogP contribution in [0.25, 0.3) is 5.57 Å². The number of nitrogens with one attached hydrogen (secondary N) is 4. The van der Waals surface area contributed by atoms with Gasteiger partial charge in [0.15, 0.2) is 11.6 Å². The summed E-state index contributed by atoms with van der Waals surface area (Å²) in [7, 11) is 1.49. The molecule has 4 N–H and O–H groups in total. The third-order valence-electron chi connectivity index (χ3n) is 11.8. The number of carbonyl (C=O) groups excluding carboxylic acids is 6. The first-order valence-corrected chi connectivity index (χ1v) is 23.3. The van der Waals surface area contributed by atoms with Crippen LogP contribution in [0.2, 0.25) is 0 Å². The number of hydrogen-bond acceptors (Lipinski definition) is 16. The molecule has 1 unspecified atom stereocenters. The molecule has 2 aromatic carbocycles. The molecule has 1 aliphatic carbocycles. The lowest BCUT2D eigenvalue weighted by atomic mass is 10.0. The predicted molar refractivity (Wildman–Crippen MR) is 250 cm³/mol. The molecule has 5 heterocycles. The Hall–Kier alpha value is -6.81. The van der Waals surface area contributed by atoms with Gasteiger partial charge in [-0.3, -0.25) is 39.0 Å². The summed E-state index contributed by atoms with van der Waals surface area (Å²) >= 11 is 1.46. The van der Waals surface area contributed by atoms with E-state index in [9.17, 15) is 33.2 Å². The van der Waals surface area contributed by atoms with E-state index in [1.807, 2.05) is 17.0 Å². The van der Waals surface area contributed by atoms with E-state index in [-0.39, 0.29) is 54.6 Å². The van der Waals surface area contributed by atoms with Crippen LogP contribution >= 0.6 is 11.3 Å². The van der Waals surface area contributed by atoms with Gasteiger partial charge in [-0.2, -0.15) is 4.98 Å². The van der Waals surface area contributed by atoms with E-state index in [2.05, 4.69) is 37.3 Å². The minimum atomic E-state index is -1.04. The summed E-state index contributed by atoms with van der Waals surface area (Å²) in [6.45, 7) is 3.87. The average Bonchev–Trinajstić information content (AvgIpc) is 4.12. The number of piperidine rings is 1. The summed E-state index contributed by atoms with van der Waals surface area (Å²) < 4.78 is 37.4. The smallest absolute Gasteiger partial charge is 0.265 e. The Balaban J connectivity index is 0.687. The molecule has 0 bridgehead atoms. The van der Waals surface area contributed by atoms with E-state index in [4.69, 9.17) is 18.9 Å². The zero-order valence-corrected chi connectivity index (χ0v) is 38.3. The number of benzene rings is 2. The Morgan fingerprint density at radius 1 is 0.897 bits per heavy atom. The normalized spacial score (nSPS) is 17.0. The van der Waals surface area contributed by atoms with Crippen LogP contribution in [-0.4, -0.2) is 141 Å². The first-order valence-electron chi connectivity index (χ1n) is 22.5. The van der Waals surface area contributed by atoms with Gasteiger partial charge in [-0.25, -0.2) is 9.37 Å². The van der Waals surface area contributed by atoms with E-state index < -0.39 is 35.5 Å². The van der Waals surface area contributed by atoms with Gasteiger partial charge >= 0.3 is 0 Å². The first-order chi connectivity index (χ1) is 33.1. The number of piperazine rings is 1. The van der Waals surface area contributed by atoms with Gasteiger partial charge in [-0.1, -0.05) is 12.1 Å². The maximum absolute atomic E-state index is 15.0. The van der Waals surface area contributed by atoms with E-state index >= 15 is 0 Å². The van der Waals surface area contributed by atoms with Crippen LogP contribution in [0.5, 0.6) is 5.75 Å². The zero-order valence-electron chi connectivity index (χ0n) is 37.5. The van der Waals surface area contributed by atoms with Crippen molar-refractivity contribution in [1.82, 2.24) is 25.1 Å². The molecule has 1 atom stereocenters. The quantitative estimate of drug-likeness (QED) is 0.0648. The van der Waals surface area contributed by atoms with Crippen LogP contribution in [0.4, 0.5) is 33.2 Å². The fourth-order valence-corrected chi connectivity index (χ4v) is 9.22. The molecule has 6 amide bonds. The molecule has 19 nitrogen and oxygen atoms in total. The highest BCUT2D eigenvalue weighted by Crippen LogP contribution is 2.35. The van der Waals surface area contributed by atoms with Crippen molar-refractivity contribution in [2.24, 2.45) is 0 Å². The number of hydrogen-bond donors (Lipinski definition) is 4. The summed E-state index contributed by atoms with van der Waals surface area (Å²) in [6, 6.07) is 12.7. The number of rotatable bonds is 21. The number of anilines is 5. The number of allylic oxidation sites excluding steroid dienone is 2. The Kier molecular flexibility index (Phi) is 15.7. The molecule has 2 fully saturated rings. The second-order valence-corrected chi connectivity index (χ2v) is 17.3. The predicted octanol–water partition coefficient (Wildman–Crippen LogP) is 4.85. The molecule has 21 heteroatoms. The lowest BCUT2D eigenvalue weighted by Crippen LogP contribution is -2.54. The number of methoxy groups -OCH3 is 1. The molecule has 3 aliphatic heterocycles. The molecule has 2 saturated heterocycles. The van der Waals surface area contributed by atoms with Gasteiger partial charge in [-0.05, 0) is 67.7 Å². The van der Waals surface area contributed by atoms with Crippen LogP contribution in [-0.2, 0) is 28.6 Å². The highest BCUT2D eigenvalue weighted by atomic mass is 32.1. The van der Waals surface area contributed by atoms with Crippen molar-refractivity contribution in [3.63, 3.8) is 0 Å². The van der Waals surface area contributed by atoms with Crippen molar-refractivity contribution in [2.45, 2.75) is 44.6 Å². The molecule has 0 saturated carbocycles. The van der Waals surface area contributed by atoms with Gasteiger partial charge in [0.2, 0.25) is 23.7 Å². The van der Waals surface area contributed by atoms with E-state index in [0.29, 0.717) is 99.4 Å². The number of ether oxygens (including phenoxy) is 4. The molecule has 2 aromatic heterocycles. The SMILES string of the molecule is COc1cc(Nc2nc(N3CCN(C(=O)CCOCCOCCOCCNc4cccc5c4C(=O)N(C4CCC(=O)NC4=O)C5=O)CC3)ncc2F)ccc1NC(=O)c1ccc(C2=CCCC2)s1. The largest absolute Gasteiger partial charge is 0.494 e. The number of thiophene rings is 1. The molecular weight excluding hydrogens is 902 g/mol. The van der Waals surface area contributed by atoms with E-state index in [0.717, 1.165) is 35.2 Å². The van der Waals surface area contributed by atoms with Crippen LogP contribution in [0.15, 0.2) is 60.8 Å². The molecule has 4 aliphatic rings. The Morgan fingerprint density at radius 2 is 1.68 bits per heavy atom. The zero-order chi connectivity index (χ0) is 47.6. The number of aromatic nitrogens is 2. The van der Waals surface area contributed by atoms with Gasteiger partial charge in [0.25, 0.3) is 17.7 Å². The van der Waals surface area contributed by atoms with Crippen molar-refractivity contribution in [3.05, 3.63) is 87.5 Å². The third-order valence-corrected chi connectivity index (χ3v) is 12.9. The maximum atomic E-state index is 15.0. The fourth-order valence-electron chi connectivity index (χ4n) is 8.25. The second-order valence-electron chi connectivity index (χ2n) is 16.2. The summed E-state index contributed by atoms with van der Waals surface area (Å²) in [5.74, 6) is -2.52. The summed E-state index contributed by atoms with van der Waals surface area (Å²) in [5.41, 5.74) is 3.07. The molecule has 68 heavy (non-hydrogen) atoms. The summed E-state index contributed by atoms with van der Waals surface area (Å²) in [6.07, 6.45) is 6.88. The molecular formula is C47H52FN9O10S. The van der Waals surface area contributed by atoms with Crippen LogP contribution in [0.3, 0.4) is 0 Å². The number of nitrogens with zero attached hydrogens (tertiary/aromatic N) is 5. The first kappa shape index (κ1) is 47.7. The average molecular weight is 954 g/mol. The molecule has 0 radical (unpaired) electrons. The van der Waals surface area contributed by atoms with Crippen LogP contribution in [0, 0.1) is 5.82 Å². The van der Waals surface area contributed by atoms with Gasteiger partial charge in [0, 0.05) is 61.5 Å². The van der Waals surface area contributed by atoms with Crippen molar-refractivity contribution in [1.29, 1.82) is 0 Å². The monoisotopic (exact) mass is 953 g/mol. The van der Waals surface area contributed by atoms with Crippen molar-refractivity contribution < 1.29 is 52.1 Å². The highest BCUT2D eigenvalue weighted by molar-refractivity contribution is 7.15. The molecule has 358 valence electrons. The minimum absolute atomic E-state index is 0.0313. The van der Waals surface area contributed by atoms with Gasteiger partial charge in [0.1, 0.15) is 11.8 Å². The number of fused-ring (bicyclic) bond motifs is 1. The highest BCUT2D eigenvalue weighted by Gasteiger charge is 2.45. The minimum Gasteiger partial charge on any atom is -0.494 e.